The fourth-order valence-corrected chi connectivity index (χ4v) is 0. The molecule has 0 aromatic carbocycles. The maximum absolute atomic E-state index is 8.88. The molecule has 0 fully saturated rings. The molecule has 0 atom stereocenters. The zero-order valence-corrected chi connectivity index (χ0v) is 12.7. The van der Waals surface area contributed by atoms with E-state index in [1.165, 1.54) is 0 Å². The first-order chi connectivity index (χ1) is 6.00. The molecule has 0 unspecified atom stereocenters. The normalized spacial score (nSPS) is 10.4. The SMILES string of the molecule is O=P(O)(O)O.O=P(O)(O)O.O=P(O)(O)O.[Al].[Al]. The van der Waals surface area contributed by atoms with Crippen molar-refractivity contribution in [3.05, 3.63) is 0 Å². The highest BCUT2D eigenvalue weighted by Crippen LogP contribution is 2.26. The number of hydrogen-bond donors (Lipinski definition) is 9. The number of hydrogen-bond acceptors (Lipinski definition) is 3. The monoisotopic (exact) mass is 348 g/mol. The fraction of sp³-hybridized carbons (Fsp3) is 0. The molecule has 0 aliphatic heterocycles. The Balaban J connectivity index is -0.0000000400. The minimum Gasteiger partial charge on any atom is -0.303 e. The van der Waals surface area contributed by atoms with Crippen LogP contribution in [0.5, 0.6) is 0 Å². The zero-order valence-electron chi connectivity index (χ0n) is 7.75. The van der Waals surface area contributed by atoms with E-state index in [-0.39, 0.29) is 34.7 Å². The summed E-state index contributed by atoms with van der Waals surface area (Å²) in [5.41, 5.74) is 0. The summed E-state index contributed by atoms with van der Waals surface area (Å²) in [6.07, 6.45) is 0. The van der Waals surface area contributed by atoms with Gasteiger partial charge in [0.05, 0.1) is 0 Å². The van der Waals surface area contributed by atoms with Crippen LogP contribution in [0.4, 0.5) is 0 Å². The van der Waals surface area contributed by atoms with E-state index in [1.54, 1.807) is 0 Å². The van der Waals surface area contributed by atoms with Gasteiger partial charge in [0.25, 0.3) is 0 Å². The summed E-state index contributed by atoms with van der Waals surface area (Å²) >= 11 is 0. The largest absolute Gasteiger partial charge is 0.466 e. The van der Waals surface area contributed by atoms with Crippen molar-refractivity contribution >= 4 is 58.2 Å². The second-order valence-electron chi connectivity index (χ2n) is 1.54. The topological polar surface area (TPSA) is 233 Å². The molecule has 0 heterocycles. The van der Waals surface area contributed by atoms with Crippen LogP contribution in [0, 0.1) is 0 Å². The Labute approximate surface area is 116 Å². The van der Waals surface area contributed by atoms with Crippen LogP contribution in [0.2, 0.25) is 0 Å². The maximum atomic E-state index is 8.88. The molecule has 12 nitrogen and oxygen atoms in total. The number of rotatable bonds is 0. The summed E-state index contributed by atoms with van der Waals surface area (Å²) < 4.78 is 26.6. The van der Waals surface area contributed by atoms with E-state index in [1.807, 2.05) is 0 Å². The quantitative estimate of drug-likeness (QED) is 0.153. The van der Waals surface area contributed by atoms with Crippen molar-refractivity contribution in [3.8, 4) is 0 Å². The third-order valence-electron chi connectivity index (χ3n) is 0. The molecule has 0 aromatic rings. The Morgan fingerprint density at radius 2 is 0.412 bits per heavy atom. The van der Waals surface area contributed by atoms with Gasteiger partial charge in [-0.2, -0.15) is 0 Å². The lowest BCUT2D eigenvalue weighted by molar-refractivity contribution is 0.272. The summed E-state index contributed by atoms with van der Waals surface area (Å²) in [5, 5.41) is 0. The van der Waals surface area contributed by atoms with E-state index < -0.39 is 23.5 Å². The summed E-state index contributed by atoms with van der Waals surface area (Å²) in [6.45, 7) is 0. The number of phosphoric acid groups is 3. The van der Waals surface area contributed by atoms with E-state index >= 15 is 0 Å². The van der Waals surface area contributed by atoms with Gasteiger partial charge in [-0.3, -0.25) is 0 Å². The Morgan fingerprint density at radius 1 is 0.412 bits per heavy atom. The van der Waals surface area contributed by atoms with Gasteiger partial charge in [0, 0.05) is 34.7 Å². The average molecular weight is 348 g/mol. The van der Waals surface area contributed by atoms with Crippen LogP contribution >= 0.6 is 23.5 Å². The average Bonchev–Trinajstić information content (AvgIpc) is 1.41. The van der Waals surface area contributed by atoms with Crippen molar-refractivity contribution in [2.45, 2.75) is 0 Å². The highest BCUT2D eigenvalue weighted by atomic mass is 31.2. The van der Waals surface area contributed by atoms with Gasteiger partial charge in [0.2, 0.25) is 0 Å². The van der Waals surface area contributed by atoms with Crippen molar-refractivity contribution in [3.63, 3.8) is 0 Å². The van der Waals surface area contributed by atoms with Gasteiger partial charge < -0.3 is 44.0 Å². The molecule has 0 bridgehead atoms. The van der Waals surface area contributed by atoms with Crippen molar-refractivity contribution in [1.82, 2.24) is 0 Å². The molecule has 9 N–H and O–H groups in total. The van der Waals surface area contributed by atoms with E-state index in [0.717, 1.165) is 0 Å². The highest BCUT2D eigenvalue weighted by molar-refractivity contribution is 7.45. The maximum Gasteiger partial charge on any atom is 0.466 e. The molecule has 17 heavy (non-hydrogen) atoms. The van der Waals surface area contributed by atoms with Crippen LogP contribution in [0.3, 0.4) is 0 Å². The summed E-state index contributed by atoms with van der Waals surface area (Å²) in [7, 11) is -13.9. The molecule has 0 aliphatic rings. The molecule has 6 radical (unpaired) electrons. The van der Waals surface area contributed by atoms with Gasteiger partial charge in [-0.1, -0.05) is 0 Å². The molecule has 0 saturated carbocycles. The molecular formula is H9Al2O12P3. The lowest BCUT2D eigenvalue weighted by atomic mass is 15.8. The second kappa shape index (κ2) is 12.4. The highest BCUT2D eigenvalue weighted by Gasteiger charge is 2.01. The van der Waals surface area contributed by atoms with Crippen LogP contribution in [0.25, 0.3) is 0 Å². The minimum atomic E-state index is -4.64. The van der Waals surface area contributed by atoms with Gasteiger partial charge in [-0.05, 0) is 0 Å². The molecule has 0 amide bonds. The van der Waals surface area contributed by atoms with Crippen LogP contribution in [0.1, 0.15) is 0 Å². The van der Waals surface area contributed by atoms with Gasteiger partial charge in [-0.25, -0.2) is 13.7 Å². The zero-order chi connectivity index (χ0) is 13.5. The molecule has 0 aromatic heterocycles. The molecule has 0 rings (SSSR count). The third kappa shape index (κ3) is 2120. The Bertz CT molecular complexity index is 206. The molecular weight excluding hydrogens is 339 g/mol. The van der Waals surface area contributed by atoms with Gasteiger partial charge in [-0.15, -0.1) is 0 Å². The predicted octanol–water partition coefficient (Wildman–Crippen LogP) is -3.55. The van der Waals surface area contributed by atoms with E-state index in [9.17, 15) is 0 Å². The van der Waals surface area contributed by atoms with Gasteiger partial charge in [0.1, 0.15) is 0 Å². The van der Waals surface area contributed by atoms with Crippen molar-refractivity contribution in [2.75, 3.05) is 0 Å². The van der Waals surface area contributed by atoms with Crippen molar-refractivity contribution in [2.24, 2.45) is 0 Å². The summed E-state index contributed by atoms with van der Waals surface area (Å²) in [6, 6.07) is 0. The Kier molecular flexibility index (Phi) is 22.7. The van der Waals surface area contributed by atoms with E-state index in [0.29, 0.717) is 0 Å². The third-order valence-corrected chi connectivity index (χ3v) is 0. The Hall–Kier alpha value is 1.39. The molecule has 0 saturated heterocycles. The van der Waals surface area contributed by atoms with Crippen LogP contribution in [-0.4, -0.2) is 78.8 Å². The van der Waals surface area contributed by atoms with E-state index in [2.05, 4.69) is 0 Å². The van der Waals surface area contributed by atoms with Crippen LogP contribution in [-0.2, 0) is 13.7 Å². The van der Waals surface area contributed by atoms with E-state index in [4.69, 9.17) is 57.7 Å². The molecule has 0 aliphatic carbocycles. The first-order valence-corrected chi connectivity index (χ1v) is 7.04. The Morgan fingerprint density at radius 3 is 0.412 bits per heavy atom. The van der Waals surface area contributed by atoms with Crippen LogP contribution in [0.15, 0.2) is 0 Å². The first-order valence-electron chi connectivity index (χ1n) is 2.35. The minimum absolute atomic E-state index is 0. The molecule has 17 heteroatoms. The second-order valence-corrected chi connectivity index (χ2v) is 4.62. The molecule has 102 valence electrons. The fourth-order valence-electron chi connectivity index (χ4n) is 0. The smallest absolute Gasteiger partial charge is 0.303 e. The first kappa shape index (κ1) is 31.0. The molecule has 0 spiro atoms. The summed E-state index contributed by atoms with van der Waals surface area (Å²) in [5.74, 6) is 0. The van der Waals surface area contributed by atoms with Crippen molar-refractivity contribution < 1.29 is 57.7 Å². The lowest BCUT2D eigenvalue weighted by Gasteiger charge is -1.82. The standard InChI is InChI=1S/2Al.3H3O4P/c;;3*1-5(2,3)4/h;;3*(H3,1,2,3,4). The summed E-state index contributed by atoms with van der Waals surface area (Å²) in [4.78, 5) is 64.7. The van der Waals surface area contributed by atoms with Gasteiger partial charge in [0.15, 0.2) is 0 Å². The van der Waals surface area contributed by atoms with Gasteiger partial charge >= 0.3 is 23.5 Å². The lowest BCUT2D eigenvalue weighted by Crippen LogP contribution is -1.66. The van der Waals surface area contributed by atoms with Crippen molar-refractivity contribution in [1.29, 1.82) is 0 Å². The predicted molar refractivity (Wildman–Crippen MR) is 54.3 cm³/mol. The van der Waals surface area contributed by atoms with Crippen LogP contribution < -0.4 is 0 Å².